The summed E-state index contributed by atoms with van der Waals surface area (Å²) in [7, 11) is 1.24. The molecule has 0 saturated carbocycles. The Morgan fingerprint density at radius 2 is 2.20 bits per heavy atom. The number of anilines is 1. The van der Waals surface area contributed by atoms with E-state index in [0.717, 1.165) is 10.7 Å². The van der Waals surface area contributed by atoms with Crippen molar-refractivity contribution in [1.29, 1.82) is 0 Å². The zero-order valence-electron chi connectivity index (χ0n) is 13.0. The highest BCUT2D eigenvalue weighted by Crippen LogP contribution is 2.17. The summed E-state index contributed by atoms with van der Waals surface area (Å²) in [6, 6.07) is 6.97. The normalized spacial score (nSPS) is 10.6. The van der Waals surface area contributed by atoms with Crippen LogP contribution in [-0.4, -0.2) is 32.6 Å². The predicted molar refractivity (Wildman–Crippen MR) is 84.7 cm³/mol. The lowest BCUT2D eigenvalue weighted by Crippen LogP contribution is -2.08. The maximum Gasteiger partial charge on any atom is 0.368 e. The van der Waals surface area contributed by atoms with Crippen LogP contribution in [0.2, 0.25) is 0 Å². The number of methoxy groups -OCH3 is 1. The number of aromatic nitrogens is 3. The van der Waals surface area contributed by atoms with Crippen molar-refractivity contribution in [3.8, 4) is 0 Å². The molecule has 0 fully saturated rings. The highest BCUT2D eigenvalue weighted by atomic mass is 19.1. The van der Waals surface area contributed by atoms with Crippen LogP contribution in [0, 0.1) is 15.9 Å². The van der Waals surface area contributed by atoms with Crippen LogP contribution >= 0.6 is 0 Å². The van der Waals surface area contributed by atoms with Gasteiger partial charge in [0.2, 0.25) is 5.65 Å². The fourth-order valence-corrected chi connectivity index (χ4v) is 2.22. The van der Waals surface area contributed by atoms with Gasteiger partial charge in [0.1, 0.15) is 12.0 Å². The Morgan fingerprint density at radius 1 is 1.40 bits per heavy atom. The number of nitro groups is 1. The SMILES string of the molecule is COC(=O)c1ccc(F)c(CNc2ccc3ncc([N+](=O)[O-])n3n2)c1. The summed E-state index contributed by atoms with van der Waals surface area (Å²) in [6.07, 6.45) is 1.10. The van der Waals surface area contributed by atoms with Crippen LogP contribution in [0.3, 0.4) is 0 Å². The van der Waals surface area contributed by atoms with Crippen LogP contribution in [0.25, 0.3) is 5.65 Å². The monoisotopic (exact) mass is 345 g/mol. The van der Waals surface area contributed by atoms with E-state index in [-0.39, 0.29) is 29.3 Å². The number of hydrogen-bond donors (Lipinski definition) is 1. The van der Waals surface area contributed by atoms with Gasteiger partial charge in [0.05, 0.1) is 12.7 Å². The van der Waals surface area contributed by atoms with E-state index in [0.29, 0.717) is 5.65 Å². The molecule has 25 heavy (non-hydrogen) atoms. The number of ether oxygens (including phenoxy) is 1. The number of halogens is 1. The minimum absolute atomic E-state index is 0.0255. The van der Waals surface area contributed by atoms with E-state index in [9.17, 15) is 19.3 Å². The van der Waals surface area contributed by atoms with Crippen molar-refractivity contribution in [2.75, 3.05) is 12.4 Å². The highest BCUT2D eigenvalue weighted by Gasteiger charge is 2.16. The molecule has 0 radical (unpaired) electrons. The summed E-state index contributed by atoms with van der Waals surface area (Å²) in [6.45, 7) is 0.0255. The Balaban J connectivity index is 1.84. The zero-order chi connectivity index (χ0) is 18.0. The molecule has 2 heterocycles. The van der Waals surface area contributed by atoms with Crippen LogP contribution < -0.4 is 5.32 Å². The van der Waals surface area contributed by atoms with Crippen molar-refractivity contribution in [3.05, 3.63) is 63.6 Å². The third-order valence-corrected chi connectivity index (χ3v) is 3.46. The van der Waals surface area contributed by atoms with E-state index < -0.39 is 16.7 Å². The number of carbonyl (C=O) groups excluding carboxylic acids is 1. The zero-order valence-corrected chi connectivity index (χ0v) is 13.0. The number of benzene rings is 1. The molecule has 2 aromatic heterocycles. The first-order valence-corrected chi connectivity index (χ1v) is 7.09. The van der Waals surface area contributed by atoms with Gasteiger partial charge in [-0.3, -0.25) is 0 Å². The van der Waals surface area contributed by atoms with Crippen molar-refractivity contribution in [2.45, 2.75) is 6.54 Å². The van der Waals surface area contributed by atoms with Gasteiger partial charge in [-0.2, -0.15) is 0 Å². The Kier molecular flexibility index (Phi) is 4.25. The summed E-state index contributed by atoms with van der Waals surface area (Å²) in [5, 5.41) is 17.9. The van der Waals surface area contributed by atoms with E-state index in [4.69, 9.17) is 0 Å². The maximum atomic E-state index is 13.9. The van der Waals surface area contributed by atoms with Crippen LogP contribution in [0.5, 0.6) is 0 Å². The summed E-state index contributed by atoms with van der Waals surface area (Å²) in [5.74, 6) is -1.07. The Hall–Kier alpha value is -3.56. The van der Waals surface area contributed by atoms with Crippen molar-refractivity contribution in [1.82, 2.24) is 14.6 Å². The quantitative estimate of drug-likeness (QED) is 0.428. The van der Waals surface area contributed by atoms with Crippen molar-refractivity contribution in [3.63, 3.8) is 0 Å². The van der Waals surface area contributed by atoms with Gasteiger partial charge in [0.15, 0.2) is 5.82 Å². The highest BCUT2D eigenvalue weighted by molar-refractivity contribution is 5.89. The molecule has 0 atom stereocenters. The molecule has 0 saturated heterocycles. The lowest BCUT2D eigenvalue weighted by Gasteiger charge is -2.07. The van der Waals surface area contributed by atoms with E-state index in [1.807, 2.05) is 0 Å². The van der Waals surface area contributed by atoms with Gasteiger partial charge in [-0.25, -0.2) is 14.2 Å². The van der Waals surface area contributed by atoms with E-state index in [1.165, 1.54) is 25.3 Å². The average molecular weight is 345 g/mol. The third kappa shape index (κ3) is 3.22. The second-order valence-electron chi connectivity index (χ2n) is 5.01. The second-order valence-corrected chi connectivity index (χ2v) is 5.01. The molecular formula is C15H12FN5O4. The third-order valence-electron chi connectivity index (χ3n) is 3.46. The molecule has 0 aliphatic rings. The first kappa shape index (κ1) is 16.3. The number of nitrogens with one attached hydrogen (secondary N) is 1. The molecule has 3 aromatic rings. The van der Waals surface area contributed by atoms with Gasteiger partial charge >= 0.3 is 11.8 Å². The maximum absolute atomic E-state index is 13.9. The summed E-state index contributed by atoms with van der Waals surface area (Å²) in [4.78, 5) is 25.7. The van der Waals surface area contributed by atoms with E-state index in [2.05, 4.69) is 20.1 Å². The average Bonchev–Trinajstić information content (AvgIpc) is 3.03. The summed E-state index contributed by atoms with van der Waals surface area (Å²) >= 11 is 0. The summed E-state index contributed by atoms with van der Waals surface area (Å²) in [5.41, 5.74) is 0.760. The van der Waals surface area contributed by atoms with Gasteiger partial charge in [0, 0.05) is 18.2 Å². The van der Waals surface area contributed by atoms with Crippen molar-refractivity contribution < 1.29 is 18.8 Å². The fraction of sp³-hybridized carbons (Fsp3) is 0.133. The van der Waals surface area contributed by atoms with Crippen LogP contribution in [0.1, 0.15) is 15.9 Å². The number of nitrogens with zero attached hydrogens (tertiary/aromatic N) is 4. The molecule has 0 bridgehead atoms. The molecule has 0 spiro atoms. The van der Waals surface area contributed by atoms with Crippen LogP contribution in [-0.2, 0) is 11.3 Å². The number of fused-ring (bicyclic) bond motifs is 1. The minimum Gasteiger partial charge on any atom is -0.465 e. The number of esters is 1. The molecule has 128 valence electrons. The molecule has 10 heteroatoms. The molecule has 0 aliphatic carbocycles. The topological polar surface area (TPSA) is 112 Å². The first-order valence-electron chi connectivity index (χ1n) is 7.09. The minimum atomic E-state index is -0.601. The Morgan fingerprint density at radius 3 is 2.92 bits per heavy atom. The molecular weight excluding hydrogens is 333 g/mol. The standard InChI is InChI=1S/C15H12FN5O4/c1-25-15(22)9-2-3-11(16)10(6-9)7-17-12-4-5-13-18-8-14(21(23)24)20(13)19-12/h2-6,8H,7H2,1H3,(H,17,19). The smallest absolute Gasteiger partial charge is 0.368 e. The number of imidazole rings is 1. The van der Waals surface area contributed by atoms with Gasteiger partial charge in [-0.1, -0.05) is 9.61 Å². The van der Waals surface area contributed by atoms with Crippen molar-refractivity contribution >= 4 is 23.3 Å². The fourth-order valence-electron chi connectivity index (χ4n) is 2.22. The number of carbonyl (C=O) groups is 1. The lowest BCUT2D eigenvalue weighted by molar-refractivity contribution is -0.391. The van der Waals surface area contributed by atoms with Gasteiger partial charge in [0.25, 0.3) is 0 Å². The first-order chi connectivity index (χ1) is 12.0. The molecule has 0 amide bonds. The second kappa shape index (κ2) is 6.51. The van der Waals surface area contributed by atoms with Crippen LogP contribution in [0.15, 0.2) is 36.5 Å². The van der Waals surface area contributed by atoms with Gasteiger partial charge in [-0.15, -0.1) is 0 Å². The molecule has 0 unspecified atom stereocenters. The number of hydrogen-bond acceptors (Lipinski definition) is 7. The predicted octanol–water partition coefficient (Wildman–Crippen LogP) is 2.18. The molecule has 1 aromatic carbocycles. The van der Waals surface area contributed by atoms with Gasteiger partial charge < -0.3 is 20.2 Å². The van der Waals surface area contributed by atoms with Crippen molar-refractivity contribution in [2.24, 2.45) is 0 Å². The van der Waals surface area contributed by atoms with E-state index >= 15 is 0 Å². The van der Waals surface area contributed by atoms with E-state index in [1.54, 1.807) is 12.1 Å². The molecule has 1 N–H and O–H groups in total. The Labute approximate surface area is 140 Å². The molecule has 9 nitrogen and oxygen atoms in total. The lowest BCUT2D eigenvalue weighted by atomic mass is 10.1. The van der Waals surface area contributed by atoms with Crippen LogP contribution in [0.4, 0.5) is 16.0 Å². The largest absolute Gasteiger partial charge is 0.465 e. The van der Waals surface area contributed by atoms with Gasteiger partial charge in [-0.05, 0) is 29.2 Å². The molecule has 3 rings (SSSR count). The molecule has 0 aliphatic heterocycles. The summed E-state index contributed by atoms with van der Waals surface area (Å²) < 4.78 is 19.6. The Bertz CT molecular complexity index is 972. The number of rotatable bonds is 5.